The highest BCUT2D eigenvalue weighted by Crippen LogP contribution is 2.23. The van der Waals surface area contributed by atoms with Gasteiger partial charge in [-0.1, -0.05) is 27.2 Å². The lowest BCUT2D eigenvalue weighted by molar-refractivity contribution is -0.0262. The molecule has 2 fully saturated rings. The fraction of sp³-hybridized carbons (Fsp3) is 0.950. The number of morpholine rings is 1. The van der Waals surface area contributed by atoms with Crippen molar-refractivity contribution in [2.75, 3.05) is 45.1 Å². The number of nitrogens with one attached hydrogen (secondary N) is 2. The van der Waals surface area contributed by atoms with Crippen LogP contribution in [-0.2, 0) is 15.5 Å². The summed E-state index contributed by atoms with van der Waals surface area (Å²) in [6.07, 6.45) is 4.51. The Labute approximate surface area is 168 Å². The van der Waals surface area contributed by atoms with Crippen LogP contribution in [0.4, 0.5) is 0 Å². The number of rotatable bonds is 8. The molecule has 0 bridgehead atoms. The Morgan fingerprint density at radius 3 is 2.85 bits per heavy atom. The van der Waals surface area contributed by atoms with Crippen molar-refractivity contribution in [2.24, 2.45) is 10.9 Å². The molecule has 0 aromatic rings. The van der Waals surface area contributed by atoms with Gasteiger partial charge in [0.05, 0.1) is 19.3 Å². The predicted molar refractivity (Wildman–Crippen MR) is 115 cm³/mol. The topological polar surface area (TPSA) is 66.0 Å². The van der Waals surface area contributed by atoms with Crippen LogP contribution >= 0.6 is 0 Å². The van der Waals surface area contributed by atoms with Crippen molar-refractivity contribution in [1.29, 1.82) is 0 Å². The van der Waals surface area contributed by atoms with Crippen LogP contribution in [0.1, 0.15) is 53.4 Å². The summed E-state index contributed by atoms with van der Waals surface area (Å²) >= 11 is 0. The first-order valence-electron chi connectivity index (χ1n) is 10.8. The molecule has 1 saturated heterocycles. The van der Waals surface area contributed by atoms with Gasteiger partial charge in [0.2, 0.25) is 0 Å². The molecule has 1 heterocycles. The van der Waals surface area contributed by atoms with E-state index in [1.165, 1.54) is 0 Å². The zero-order valence-electron chi connectivity index (χ0n) is 17.7. The van der Waals surface area contributed by atoms with Crippen LogP contribution in [0.3, 0.4) is 0 Å². The standard InChI is InChI=1S/C20H40N4O2S/c1-5-21-20(23-17-8-7-9-19(12-17)27(25)6-2)22-13-18-15-24(10-11-26-18)14-16(3)4/h16-19H,5-15H2,1-4H3,(H2,21,22,23). The molecule has 0 amide bonds. The lowest BCUT2D eigenvalue weighted by atomic mass is 9.95. The Balaban J connectivity index is 1.87. The zero-order chi connectivity index (χ0) is 19.6. The molecule has 27 heavy (non-hydrogen) atoms. The van der Waals surface area contributed by atoms with E-state index in [1.807, 2.05) is 6.92 Å². The van der Waals surface area contributed by atoms with Crippen LogP contribution < -0.4 is 10.6 Å². The van der Waals surface area contributed by atoms with Crippen LogP contribution in [0, 0.1) is 5.92 Å². The second-order valence-corrected chi connectivity index (χ2v) is 10.2. The molecule has 0 aromatic heterocycles. The number of hydrogen-bond donors (Lipinski definition) is 2. The lowest BCUT2D eigenvalue weighted by Gasteiger charge is -2.33. The van der Waals surface area contributed by atoms with E-state index in [9.17, 15) is 4.21 Å². The summed E-state index contributed by atoms with van der Waals surface area (Å²) in [6.45, 7) is 14.1. The summed E-state index contributed by atoms with van der Waals surface area (Å²) in [6, 6.07) is 0.363. The van der Waals surface area contributed by atoms with Crippen LogP contribution in [-0.4, -0.2) is 77.5 Å². The number of hydrogen-bond acceptors (Lipinski definition) is 4. The van der Waals surface area contributed by atoms with Gasteiger partial charge >= 0.3 is 0 Å². The van der Waals surface area contributed by atoms with E-state index in [4.69, 9.17) is 9.73 Å². The fourth-order valence-corrected chi connectivity index (χ4v) is 5.38. The number of ether oxygens (including phenoxy) is 1. The molecule has 2 aliphatic rings. The molecule has 0 spiro atoms. The molecule has 1 aliphatic heterocycles. The average Bonchev–Trinajstić information content (AvgIpc) is 2.65. The zero-order valence-corrected chi connectivity index (χ0v) is 18.5. The molecule has 158 valence electrons. The number of nitrogens with zero attached hydrogens (tertiary/aromatic N) is 2. The van der Waals surface area contributed by atoms with E-state index in [0.29, 0.717) is 23.8 Å². The van der Waals surface area contributed by atoms with Gasteiger partial charge in [-0.15, -0.1) is 0 Å². The molecular formula is C20H40N4O2S. The Morgan fingerprint density at radius 1 is 1.33 bits per heavy atom. The van der Waals surface area contributed by atoms with Crippen molar-refractivity contribution >= 4 is 16.8 Å². The minimum Gasteiger partial charge on any atom is -0.374 e. The first-order valence-corrected chi connectivity index (χ1v) is 12.2. The van der Waals surface area contributed by atoms with E-state index in [2.05, 4.69) is 36.3 Å². The molecule has 2 N–H and O–H groups in total. The van der Waals surface area contributed by atoms with Gasteiger partial charge in [0.1, 0.15) is 0 Å². The van der Waals surface area contributed by atoms with E-state index >= 15 is 0 Å². The molecule has 6 nitrogen and oxygen atoms in total. The molecule has 0 aromatic carbocycles. The van der Waals surface area contributed by atoms with E-state index in [0.717, 1.165) is 70.2 Å². The highest BCUT2D eigenvalue weighted by atomic mass is 32.2. The molecule has 4 unspecified atom stereocenters. The van der Waals surface area contributed by atoms with Crippen molar-refractivity contribution in [3.05, 3.63) is 0 Å². The van der Waals surface area contributed by atoms with E-state index in [-0.39, 0.29) is 6.10 Å². The van der Waals surface area contributed by atoms with Gasteiger partial charge < -0.3 is 15.4 Å². The molecule has 7 heteroatoms. The number of aliphatic imine (C=N–C) groups is 1. The third kappa shape index (κ3) is 8.08. The van der Waals surface area contributed by atoms with E-state index < -0.39 is 10.8 Å². The average molecular weight is 401 g/mol. The predicted octanol–water partition coefficient (Wildman–Crippen LogP) is 1.98. The van der Waals surface area contributed by atoms with E-state index in [1.54, 1.807) is 0 Å². The number of guanidine groups is 1. The SMILES string of the molecule is CCNC(=NCC1CN(CC(C)C)CCO1)NC1CCCC(S(=O)CC)C1. The maximum Gasteiger partial charge on any atom is 0.191 e. The van der Waals surface area contributed by atoms with Gasteiger partial charge in [-0.3, -0.25) is 14.1 Å². The van der Waals surface area contributed by atoms with Crippen molar-refractivity contribution in [2.45, 2.75) is 70.8 Å². The molecule has 2 rings (SSSR count). The molecule has 0 radical (unpaired) electrons. The van der Waals surface area contributed by atoms with Crippen LogP contribution in [0.2, 0.25) is 0 Å². The summed E-state index contributed by atoms with van der Waals surface area (Å²) in [5.74, 6) is 2.31. The Bertz CT molecular complexity index is 487. The monoisotopic (exact) mass is 400 g/mol. The van der Waals surface area contributed by atoms with Gasteiger partial charge in [0.15, 0.2) is 5.96 Å². The highest BCUT2D eigenvalue weighted by Gasteiger charge is 2.26. The third-order valence-electron chi connectivity index (χ3n) is 5.27. The summed E-state index contributed by atoms with van der Waals surface area (Å²) in [5, 5.41) is 7.28. The van der Waals surface area contributed by atoms with Gasteiger partial charge in [0.25, 0.3) is 0 Å². The minimum atomic E-state index is -0.695. The second-order valence-electron chi connectivity index (χ2n) is 8.17. The smallest absolute Gasteiger partial charge is 0.191 e. The lowest BCUT2D eigenvalue weighted by Crippen LogP contribution is -2.48. The van der Waals surface area contributed by atoms with Crippen LogP contribution in [0.15, 0.2) is 4.99 Å². The van der Waals surface area contributed by atoms with Crippen molar-refractivity contribution < 1.29 is 8.95 Å². The highest BCUT2D eigenvalue weighted by molar-refractivity contribution is 7.85. The van der Waals surface area contributed by atoms with Gasteiger partial charge in [-0.2, -0.15) is 0 Å². The van der Waals surface area contributed by atoms with Gasteiger partial charge in [-0.25, -0.2) is 0 Å². The van der Waals surface area contributed by atoms with Gasteiger partial charge in [-0.05, 0) is 32.1 Å². The quantitative estimate of drug-likeness (QED) is 0.482. The fourth-order valence-electron chi connectivity index (χ4n) is 4.03. The first-order chi connectivity index (χ1) is 13.0. The Morgan fingerprint density at radius 2 is 2.15 bits per heavy atom. The van der Waals surface area contributed by atoms with Gasteiger partial charge in [0, 0.05) is 54.0 Å². The maximum atomic E-state index is 12.2. The van der Waals surface area contributed by atoms with Crippen LogP contribution in [0.5, 0.6) is 0 Å². The first kappa shape index (κ1) is 22.6. The van der Waals surface area contributed by atoms with Crippen LogP contribution in [0.25, 0.3) is 0 Å². The normalized spacial score (nSPS) is 28.9. The Hall–Kier alpha value is -0.660. The van der Waals surface area contributed by atoms with Crippen molar-refractivity contribution in [3.8, 4) is 0 Å². The summed E-state index contributed by atoms with van der Waals surface area (Å²) in [5.41, 5.74) is 0. The third-order valence-corrected chi connectivity index (χ3v) is 7.01. The molecule has 1 saturated carbocycles. The minimum absolute atomic E-state index is 0.166. The summed E-state index contributed by atoms with van der Waals surface area (Å²) < 4.78 is 18.1. The Kier molecular flexibility index (Phi) is 10.1. The van der Waals surface area contributed by atoms with Crippen molar-refractivity contribution in [1.82, 2.24) is 15.5 Å². The second kappa shape index (κ2) is 12.0. The summed E-state index contributed by atoms with van der Waals surface area (Å²) in [4.78, 5) is 7.29. The maximum absolute atomic E-state index is 12.2. The molecule has 4 atom stereocenters. The molecule has 1 aliphatic carbocycles. The largest absolute Gasteiger partial charge is 0.374 e. The summed E-state index contributed by atoms with van der Waals surface area (Å²) in [7, 11) is -0.695. The van der Waals surface area contributed by atoms with Crippen molar-refractivity contribution in [3.63, 3.8) is 0 Å². The molecular weight excluding hydrogens is 360 g/mol.